The fourth-order valence-corrected chi connectivity index (χ4v) is 1.02. The topological polar surface area (TPSA) is 35.2 Å². The number of rotatable bonds is 2. The summed E-state index contributed by atoms with van der Waals surface area (Å²) >= 11 is 0. The van der Waals surface area contributed by atoms with E-state index in [1.807, 2.05) is 38.1 Å². The zero-order chi connectivity index (χ0) is 9.19. The van der Waals surface area contributed by atoms with Crippen LogP contribution in [0.4, 0.5) is 0 Å². The van der Waals surface area contributed by atoms with Crippen molar-refractivity contribution in [2.24, 2.45) is 5.73 Å². The lowest BCUT2D eigenvalue weighted by molar-refractivity contribution is 0.414. The van der Waals surface area contributed by atoms with E-state index in [0.29, 0.717) is 0 Å². The first-order valence-corrected chi connectivity index (χ1v) is 3.97. The van der Waals surface area contributed by atoms with Gasteiger partial charge in [-0.1, -0.05) is 12.1 Å². The van der Waals surface area contributed by atoms with E-state index in [1.54, 1.807) is 7.11 Å². The Morgan fingerprint density at radius 3 is 1.92 bits per heavy atom. The highest BCUT2D eigenvalue weighted by atomic mass is 127. The Balaban J connectivity index is 0.00000144. The van der Waals surface area contributed by atoms with Crippen molar-refractivity contribution in [2.45, 2.75) is 19.4 Å². The van der Waals surface area contributed by atoms with Gasteiger partial charge in [0, 0.05) is 5.54 Å². The predicted octanol–water partition coefficient (Wildman–Crippen LogP) is 2.51. The summed E-state index contributed by atoms with van der Waals surface area (Å²) in [7, 11) is 1.66. The first-order chi connectivity index (χ1) is 5.54. The molecule has 0 aliphatic rings. The maximum absolute atomic E-state index is 5.91. The second kappa shape index (κ2) is 4.81. The van der Waals surface area contributed by atoms with Crippen LogP contribution in [0.2, 0.25) is 0 Å². The van der Waals surface area contributed by atoms with Crippen LogP contribution < -0.4 is 10.5 Å². The van der Waals surface area contributed by atoms with Crippen LogP contribution >= 0.6 is 24.0 Å². The molecule has 1 aromatic rings. The second-order valence-electron chi connectivity index (χ2n) is 3.45. The molecule has 0 fully saturated rings. The van der Waals surface area contributed by atoms with Crippen molar-refractivity contribution in [3.05, 3.63) is 29.8 Å². The molecule has 0 amide bonds. The van der Waals surface area contributed by atoms with Gasteiger partial charge >= 0.3 is 0 Å². The van der Waals surface area contributed by atoms with Crippen molar-refractivity contribution >= 4 is 24.0 Å². The third-order valence-corrected chi connectivity index (χ3v) is 1.83. The minimum absolute atomic E-state index is 0. The quantitative estimate of drug-likeness (QED) is 0.850. The number of hydrogen-bond donors (Lipinski definition) is 1. The van der Waals surface area contributed by atoms with Gasteiger partial charge < -0.3 is 10.5 Å². The molecule has 1 rings (SSSR count). The average molecular weight is 293 g/mol. The zero-order valence-corrected chi connectivity index (χ0v) is 10.5. The van der Waals surface area contributed by atoms with Crippen molar-refractivity contribution in [1.82, 2.24) is 0 Å². The summed E-state index contributed by atoms with van der Waals surface area (Å²) in [6.07, 6.45) is 0. The Kier molecular flexibility index (Phi) is 4.70. The molecular formula is C10H16INO. The van der Waals surface area contributed by atoms with Gasteiger partial charge in [0.25, 0.3) is 0 Å². The molecule has 0 spiro atoms. The first kappa shape index (κ1) is 12.7. The highest BCUT2D eigenvalue weighted by Crippen LogP contribution is 2.19. The van der Waals surface area contributed by atoms with Crippen molar-refractivity contribution in [3.63, 3.8) is 0 Å². The summed E-state index contributed by atoms with van der Waals surface area (Å²) < 4.78 is 5.04. The lowest BCUT2D eigenvalue weighted by Gasteiger charge is -2.18. The van der Waals surface area contributed by atoms with Crippen LogP contribution in [0, 0.1) is 0 Å². The molecule has 2 nitrogen and oxygen atoms in total. The number of benzene rings is 1. The molecule has 0 saturated heterocycles. The molecule has 2 N–H and O–H groups in total. The lowest BCUT2D eigenvalue weighted by atomic mass is 9.96. The Labute approximate surface area is 96.5 Å². The van der Waals surface area contributed by atoms with Gasteiger partial charge in [0.2, 0.25) is 0 Å². The monoisotopic (exact) mass is 293 g/mol. The lowest BCUT2D eigenvalue weighted by Crippen LogP contribution is -2.28. The first-order valence-electron chi connectivity index (χ1n) is 3.97. The van der Waals surface area contributed by atoms with E-state index in [-0.39, 0.29) is 29.5 Å². The summed E-state index contributed by atoms with van der Waals surface area (Å²) in [6.45, 7) is 3.96. The number of nitrogens with two attached hydrogens (primary N) is 1. The maximum Gasteiger partial charge on any atom is 0.118 e. The van der Waals surface area contributed by atoms with E-state index in [2.05, 4.69) is 0 Å². The van der Waals surface area contributed by atoms with Gasteiger partial charge in [0.15, 0.2) is 0 Å². The van der Waals surface area contributed by atoms with E-state index in [9.17, 15) is 0 Å². The molecule has 13 heavy (non-hydrogen) atoms. The van der Waals surface area contributed by atoms with Crippen LogP contribution in [0.1, 0.15) is 19.4 Å². The van der Waals surface area contributed by atoms with E-state index < -0.39 is 0 Å². The van der Waals surface area contributed by atoms with Crippen LogP contribution in [0.3, 0.4) is 0 Å². The van der Waals surface area contributed by atoms with Crippen LogP contribution in [0.15, 0.2) is 24.3 Å². The van der Waals surface area contributed by atoms with Crippen LogP contribution in [0.5, 0.6) is 5.75 Å². The van der Waals surface area contributed by atoms with Crippen LogP contribution in [-0.2, 0) is 5.54 Å². The molecule has 0 radical (unpaired) electrons. The van der Waals surface area contributed by atoms with Crippen molar-refractivity contribution in [3.8, 4) is 5.75 Å². The summed E-state index contributed by atoms with van der Waals surface area (Å²) in [6, 6.07) is 7.81. The van der Waals surface area contributed by atoms with Gasteiger partial charge in [-0.2, -0.15) is 0 Å². The van der Waals surface area contributed by atoms with E-state index >= 15 is 0 Å². The smallest absolute Gasteiger partial charge is 0.118 e. The average Bonchev–Trinajstić information content (AvgIpc) is 2.03. The molecule has 1 aromatic carbocycles. The van der Waals surface area contributed by atoms with Gasteiger partial charge in [-0.15, -0.1) is 24.0 Å². The Bertz CT molecular complexity index is 251. The largest absolute Gasteiger partial charge is 0.497 e. The molecule has 0 aromatic heterocycles. The molecule has 0 heterocycles. The summed E-state index contributed by atoms with van der Waals surface area (Å²) in [5, 5.41) is 0. The molecule has 74 valence electrons. The molecule has 3 heteroatoms. The second-order valence-corrected chi connectivity index (χ2v) is 3.45. The van der Waals surface area contributed by atoms with Crippen molar-refractivity contribution < 1.29 is 4.74 Å². The molecule has 0 unspecified atom stereocenters. The Morgan fingerprint density at radius 1 is 1.15 bits per heavy atom. The molecule has 0 bridgehead atoms. The minimum atomic E-state index is -0.272. The van der Waals surface area contributed by atoms with E-state index in [0.717, 1.165) is 11.3 Å². The SMILES string of the molecule is COc1ccc(C(C)(C)N)cc1.I. The summed E-state index contributed by atoms with van der Waals surface area (Å²) in [5.41, 5.74) is 6.75. The normalized spacial score (nSPS) is 10.5. The molecule has 0 aliphatic carbocycles. The number of hydrogen-bond acceptors (Lipinski definition) is 2. The maximum atomic E-state index is 5.91. The molecule has 0 saturated carbocycles. The Morgan fingerprint density at radius 2 is 1.62 bits per heavy atom. The van der Waals surface area contributed by atoms with Crippen LogP contribution in [0.25, 0.3) is 0 Å². The van der Waals surface area contributed by atoms with Gasteiger partial charge in [-0.3, -0.25) is 0 Å². The van der Waals surface area contributed by atoms with Crippen molar-refractivity contribution in [2.75, 3.05) is 7.11 Å². The summed E-state index contributed by atoms with van der Waals surface area (Å²) in [4.78, 5) is 0. The predicted molar refractivity (Wildman–Crippen MR) is 65.6 cm³/mol. The van der Waals surface area contributed by atoms with Crippen LogP contribution in [-0.4, -0.2) is 7.11 Å². The van der Waals surface area contributed by atoms with Gasteiger partial charge in [0.05, 0.1) is 7.11 Å². The molecular weight excluding hydrogens is 277 g/mol. The van der Waals surface area contributed by atoms with E-state index in [4.69, 9.17) is 10.5 Å². The highest BCUT2D eigenvalue weighted by Gasteiger charge is 2.12. The Hall–Kier alpha value is -0.290. The fraction of sp³-hybridized carbons (Fsp3) is 0.400. The number of ether oxygens (including phenoxy) is 1. The minimum Gasteiger partial charge on any atom is -0.497 e. The zero-order valence-electron chi connectivity index (χ0n) is 8.20. The third-order valence-electron chi connectivity index (χ3n) is 1.83. The molecule has 0 aliphatic heterocycles. The number of halogens is 1. The van der Waals surface area contributed by atoms with E-state index in [1.165, 1.54) is 0 Å². The van der Waals surface area contributed by atoms with Gasteiger partial charge in [-0.05, 0) is 31.5 Å². The highest BCUT2D eigenvalue weighted by molar-refractivity contribution is 14.0. The number of methoxy groups -OCH3 is 1. The summed E-state index contributed by atoms with van der Waals surface area (Å²) in [5.74, 6) is 0.864. The van der Waals surface area contributed by atoms with Crippen molar-refractivity contribution in [1.29, 1.82) is 0 Å². The molecule has 0 atom stereocenters. The van der Waals surface area contributed by atoms with Gasteiger partial charge in [0.1, 0.15) is 5.75 Å². The standard InChI is InChI=1S/C10H15NO.HI/c1-10(2,11)8-4-6-9(12-3)7-5-8;/h4-7H,11H2,1-3H3;1H. The van der Waals surface area contributed by atoms with Gasteiger partial charge in [-0.25, -0.2) is 0 Å². The fourth-order valence-electron chi connectivity index (χ4n) is 1.02. The third kappa shape index (κ3) is 3.52.